The van der Waals surface area contributed by atoms with Crippen LogP contribution < -0.4 is 21.3 Å². The number of halogens is 1. The van der Waals surface area contributed by atoms with Crippen LogP contribution in [0.15, 0.2) is 0 Å². The minimum absolute atomic E-state index is 0.0244. The van der Waals surface area contributed by atoms with E-state index in [0.29, 0.717) is 18.2 Å². The van der Waals surface area contributed by atoms with Crippen LogP contribution in [0.2, 0.25) is 0 Å². The van der Waals surface area contributed by atoms with Crippen molar-refractivity contribution >= 4 is 51.4 Å². The molecule has 158 valence electrons. The van der Waals surface area contributed by atoms with Crippen LogP contribution in [0.25, 0.3) is 0 Å². The van der Waals surface area contributed by atoms with Crippen LogP contribution in [0, 0.1) is 0 Å². The molecule has 2 aliphatic rings. The summed E-state index contributed by atoms with van der Waals surface area (Å²) < 4.78 is 0. The van der Waals surface area contributed by atoms with Gasteiger partial charge in [-0.3, -0.25) is 14.4 Å². The fraction of sp³-hybridized carbons (Fsp3) is 0.765. The molecule has 2 fully saturated rings. The molecular formula is C17H28BrN5O4S. The largest absolute Gasteiger partial charge is 0.358 e. The van der Waals surface area contributed by atoms with E-state index < -0.39 is 0 Å². The number of carbonyl (C=O) groups is 4. The highest BCUT2D eigenvalue weighted by Gasteiger charge is 2.42. The van der Waals surface area contributed by atoms with Crippen molar-refractivity contribution in [2.75, 3.05) is 37.8 Å². The van der Waals surface area contributed by atoms with E-state index >= 15 is 0 Å². The Morgan fingerprint density at radius 3 is 2.75 bits per heavy atom. The molecule has 4 N–H and O–H groups in total. The molecule has 0 saturated carbocycles. The molecule has 11 heteroatoms. The molecule has 9 nitrogen and oxygen atoms in total. The predicted octanol–water partition coefficient (Wildman–Crippen LogP) is -0.202. The van der Waals surface area contributed by atoms with E-state index in [1.165, 1.54) is 11.9 Å². The van der Waals surface area contributed by atoms with E-state index in [2.05, 4.69) is 37.2 Å². The SMILES string of the molecule is CNC(=O)CN(CCNC(=O)CCCCC1SCC2NC(=O)NC21)C(=O)CBr. The Hall–Kier alpha value is -1.49. The van der Waals surface area contributed by atoms with E-state index in [0.717, 1.165) is 25.0 Å². The Morgan fingerprint density at radius 1 is 1.25 bits per heavy atom. The first-order chi connectivity index (χ1) is 13.4. The molecule has 2 saturated heterocycles. The van der Waals surface area contributed by atoms with Crippen molar-refractivity contribution in [3.8, 4) is 0 Å². The molecule has 2 aliphatic heterocycles. The lowest BCUT2D eigenvalue weighted by atomic mass is 10.0. The number of alkyl halides is 1. The minimum Gasteiger partial charge on any atom is -0.358 e. The van der Waals surface area contributed by atoms with Crippen LogP contribution >= 0.6 is 27.7 Å². The summed E-state index contributed by atoms with van der Waals surface area (Å²) in [6.45, 7) is 0.579. The van der Waals surface area contributed by atoms with Crippen molar-refractivity contribution < 1.29 is 19.2 Å². The molecule has 2 heterocycles. The van der Waals surface area contributed by atoms with Gasteiger partial charge in [-0.25, -0.2) is 4.79 Å². The maximum absolute atomic E-state index is 12.0. The third-order valence-corrected chi connectivity index (χ3v) is 6.85. The van der Waals surface area contributed by atoms with Crippen molar-refractivity contribution in [1.29, 1.82) is 0 Å². The minimum atomic E-state index is -0.249. The number of hydrogen-bond donors (Lipinski definition) is 4. The third kappa shape index (κ3) is 6.84. The van der Waals surface area contributed by atoms with Crippen molar-refractivity contribution in [3.05, 3.63) is 0 Å². The van der Waals surface area contributed by atoms with Gasteiger partial charge in [0, 0.05) is 37.6 Å². The molecule has 0 bridgehead atoms. The monoisotopic (exact) mass is 477 g/mol. The lowest BCUT2D eigenvalue weighted by Crippen LogP contribution is -2.44. The zero-order valence-corrected chi connectivity index (χ0v) is 18.4. The van der Waals surface area contributed by atoms with Gasteiger partial charge in [0.15, 0.2) is 0 Å². The van der Waals surface area contributed by atoms with Gasteiger partial charge in [0.25, 0.3) is 0 Å². The normalized spacial score (nSPS) is 22.8. The van der Waals surface area contributed by atoms with Gasteiger partial charge < -0.3 is 26.2 Å². The first kappa shape index (κ1) is 22.8. The zero-order chi connectivity index (χ0) is 20.5. The van der Waals surface area contributed by atoms with Crippen LogP contribution in [0.1, 0.15) is 25.7 Å². The lowest BCUT2D eigenvalue weighted by molar-refractivity contribution is -0.134. The number of amides is 5. The maximum atomic E-state index is 12.0. The number of fused-ring (bicyclic) bond motifs is 1. The zero-order valence-electron chi connectivity index (χ0n) is 16.0. The van der Waals surface area contributed by atoms with Gasteiger partial charge in [-0.05, 0) is 12.8 Å². The van der Waals surface area contributed by atoms with Crippen molar-refractivity contribution in [3.63, 3.8) is 0 Å². The fourth-order valence-electron chi connectivity index (χ4n) is 3.32. The second-order valence-corrected chi connectivity index (χ2v) is 8.67. The van der Waals surface area contributed by atoms with Crippen molar-refractivity contribution in [1.82, 2.24) is 26.2 Å². The topological polar surface area (TPSA) is 120 Å². The number of nitrogens with zero attached hydrogens (tertiary/aromatic N) is 1. The Balaban J connectivity index is 1.58. The Kier molecular flexibility index (Phi) is 9.36. The molecule has 28 heavy (non-hydrogen) atoms. The number of carbonyl (C=O) groups excluding carboxylic acids is 4. The van der Waals surface area contributed by atoms with Crippen molar-refractivity contribution in [2.24, 2.45) is 0 Å². The van der Waals surface area contributed by atoms with Crippen LogP contribution in [0.4, 0.5) is 4.79 Å². The average molecular weight is 478 g/mol. The van der Waals surface area contributed by atoms with Gasteiger partial charge in [0.2, 0.25) is 17.7 Å². The van der Waals surface area contributed by atoms with Gasteiger partial charge in [-0.15, -0.1) is 0 Å². The molecule has 0 aromatic heterocycles. The summed E-state index contributed by atoms with van der Waals surface area (Å²) in [5.74, 6) is 0.438. The number of hydrogen-bond acceptors (Lipinski definition) is 5. The fourth-order valence-corrected chi connectivity index (χ4v) is 5.22. The molecule has 0 radical (unpaired) electrons. The standard InChI is InChI=1S/C17H28BrN5O4S/c1-19-14(25)9-23(15(26)8-18)7-6-20-13(24)5-3-2-4-12-16-11(10-28-12)21-17(27)22-16/h11-12,16H,2-10H2,1H3,(H,19,25)(H,20,24)(H2,21,22,27). The van der Waals surface area contributed by atoms with E-state index in [4.69, 9.17) is 0 Å². The summed E-state index contributed by atoms with van der Waals surface area (Å²) in [6, 6.07) is 0.346. The summed E-state index contributed by atoms with van der Waals surface area (Å²) in [6.07, 6.45) is 3.11. The molecule has 5 amide bonds. The second-order valence-electron chi connectivity index (χ2n) is 6.84. The Morgan fingerprint density at radius 2 is 2.04 bits per heavy atom. The second kappa shape index (κ2) is 11.5. The summed E-state index contributed by atoms with van der Waals surface area (Å²) in [4.78, 5) is 48.1. The van der Waals surface area contributed by atoms with E-state index in [-0.39, 0.29) is 54.3 Å². The molecular weight excluding hydrogens is 450 g/mol. The highest BCUT2D eigenvalue weighted by Crippen LogP contribution is 2.33. The van der Waals surface area contributed by atoms with Crippen LogP contribution in [-0.4, -0.2) is 83.8 Å². The van der Waals surface area contributed by atoms with Crippen LogP contribution in [-0.2, 0) is 14.4 Å². The van der Waals surface area contributed by atoms with E-state index in [1.807, 2.05) is 11.8 Å². The third-order valence-electron chi connectivity index (χ3n) is 4.86. The smallest absolute Gasteiger partial charge is 0.315 e. The maximum Gasteiger partial charge on any atom is 0.315 e. The lowest BCUT2D eigenvalue weighted by Gasteiger charge is -2.21. The molecule has 0 aromatic carbocycles. The van der Waals surface area contributed by atoms with E-state index in [1.54, 1.807) is 0 Å². The summed E-state index contributed by atoms with van der Waals surface area (Å²) in [7, 11) is 1.52. The molecule has 3 atom stereocenters. The van der Waals surface area contributed by atoms with Gasteiger partial charge >= 0.3 is 6.03 Å². The first-order valence-electron chi connectivity index (χ1n) is 9.44. The molecule has 3 unspecified atom stereocenters. The molecule has 0 spiro atoms. The first-order valence-corrected chi connectivity index (χ1v) is 11.6. The predicted molar refractivity (Wildman–Crippen MR) is 111 cm³/mol. The number of nitrogens with one attached hydrogen (secondary N) is 4. The molecule has 0 aliphatic carbocycles. The summed E-state index contributed by atoms with van der Waals surface area (Å²) in [5, 5.41) is 11.7. The highest BCUT2D eigenvalue weighted by molar-refractivity contribution is 9.09. The number of likely N-dealkylation sites (N-methyl/N-ethyl adjacent to an activating group) is 1. The van der Waals surface area contributed by atoms with Gasteiger partial charge in [-0.1, -0.05) is 22.4 Å². The van der Waals surface area contributed by atoms with Crippen LogP contribution in [0.5, 0.6) is 0 Å². The van der Waals surface area contributed by atoms with E-state index in [9.17, 15) is 19.2 Å². The number of rotatable bonds is 11. The van der Waals surface area contributed by atoms with Gasteiger partial charge in [0.05, 0.1) is 24.0 Å². The van der Waals surface area contributed by atoms with Gasteiger partial charge in [-0.2, -0.15) is 11.8 Å². The summed E-state index contributed by atoms with van der Waals surface area (Å²) >= 11 is 4.97. The molecule has 0 aromatic rings. The molecule has 2 rings (SSSR count). The quantitative estimate of drug-likeness (QED) is 0.186. The number of urea groups is 1. The highest BCUT2D eigenvalue weighted by atomic mass is 79.9. The van der Waals surface area contributed by atoms with Crippen molar-refractivity contribution in [2.45, 2.75) is 43.0 Å². The summed E-state index contributed by atoms with van der Waals surface area (Å²) in [5.41, 5.74) is 0. The number of thioether (sulfide) groups is 1. The number of unbranched alkanes of at least 4 members (excludes halogenated alkanes) is 1. The van der Waals surface area contributed by atoms with Gasteiger partial charge in [0.1, 0.15) is 0 Å². The Bertz CT molecular complexity index is 594. The average Bonchev–Trinajstić information content (AvgIpc) is 3.22. The van der Waals surface area contributed by atoms with Crippen LogP contribution in [0.3, 0.4) is 0 Å². The Labute approximate surface area is 177 Å².